The lowest BCUT2D eigenvalue weighted by Gasteiger charge is -2.23. The van der Waals surface area contributed by atoms with Crippen LogP contribution in [0.25, 0.3) is 0 Å². The summed E-state index contributed by atoms with van der Waals surface area (Å²) in [6.45, 7) is 6.31. The highest BCUT2D eigenvalue weighted by Gasteiger charge is 2.34. The smallest absolute Gasteiger partial charge is 0.189 e. The Morgan fingerprint density at radius 2 is 1.94 bits per heavy atom. The Morgan fingerprint density at radius 3 is 2.44 bits per heavy atom. The third-order valence-electron chi connectivity index (χ3n) is 2.94. The summed E-state index contributed by atoms with van der Waals surface area (Å²) < 4.78 is 0. The van der Waals surface area contributed by atoms with Gasteiger partial charge in [-0.2, -0.15) is 0 Å². The van der Waals surface area contributed by atoms with E-state index in [9.17, 15) is 0 Å². The number of anilines is 1. The topological polar surface area (TPSA) is 27.3 Å². The lowest BCUT2D eigenvalue weighted by atomic mass is 10.2. The van der Waals surface area contributed by atoms with Crippen molar-refractivity contribution in [3.05, 3.63) is 29.8 Å². The van der Waals surface area contributed by atoms with Crippen molar-refractivity contribution in [2.45, 2.75) is 32.9 Å². The summed E-state index contributed by atoms with van der Waals surface area (Å²) in [5.41, 5.74) is 5.57. The van der Waals surface area contributed by atoms with Crippen LogP contribution in [-0.2, 0) is 0 Å². The zero-order valence-electron chi connectivity index (χ0n) is 9.87. The van der Waals surface area contributed by atoms with Crippen LogP contribution in [-0.4, -0.2) is 10.8 Å². The molecular weight excluding hydrogens is 218 g/mol. The Labute approximate surface area is 102 Å². The molecular formula is C12H17N3S. The lowest BCUT2D eigenvalue weighted by molar-refractivity contribution is 0.362. The molecule has 0 amide bonds. The Kier molecular flexibility index (Phi) is 2.86. The molecule has 1 aliphatic rings. The van der Waals surface area contributed by atoms with Gasteiger partial charge in [0.15, 0.2) is 5.11 Å². The maximum absolute atomic E-state index is 5.32. The van der Waals surface area contributed by atoms with Crippen LogP contribution >= 0.6 is 12.2 Å². The first-order valence-corrected chi connectivity index (χ1v) is 5.92. The third kappa shape index (κ3) is 2.03. The van der Waals surface area contributed by atoms with Crippen molar-refractivity contribution in [2.24, 2.45) is 0 Å². The molecule has 2 rings (SSSR count). The van der Waals surface area contributed by atoms with E-state index in [-0.39, 0.29) is 5.66 Å². The van der Waals surface area contributed by atoms with Gasteiger partial charge in [0.25, 0.3) is 0 Å². The van der Waals surface area contributed by atoms with Gasteiger partial charge in [0.1, 0.15) is 5.66 Å². The van der Waals surface area contributed by atoms with Crippen LogP contribution in [0.4, 0.5) is 5.69 Å². The molecule has 86 valence electrons. The van der Waals surface area contributed by atoms with Gasteiger partial charge >= 0.3 is 0 Å². The number of nitrogens with one attached hydrogen (secondary N) is 2. The molecule has 0 saturated carbocycles. The fraction of sp³-hybridized carbons (Fsp3) is 0.417. The lowest BCUT2D eigenvalue weighted by Crippen LogP contribution is -2.47. The van der Waals surface area contributed by atoms with Gasteiger partial charge in [0.05, 0.1) is 5.69 Å². The summed E-state index contributed by atoms with van der Waals surface area (Å²) in [5.74, 6) is 0. The first kappa shape index (κ1) is 11.4. The molecule has 1 aliphatic heterocycles. The molecule has 1 unspecified atom stereocenters. The number of hydrogen-bond donors (Lipinski definition) is 2. The molecule has 4 heteroatoms. The zero-order chi connectivity index (χ0) is 11.8. The highest BCUT2D eigenvalue weighted by Crippen LogP contribution is 2.21. The first-order chi connectivity index (χ1) is 7.54. The molecule has 1 aromatic rings. The van der Waals surface area contributed by atoms with Crippen LogP contribution in [0.1, 0.15) is 25.8 Å². The minimum atomic E-state index is -0.137. The molecule has 16 heavy (non-hydrogen) atoms. The molecule has 1 fully saturated rings. The van der Waals surface area contributed by atoms with Gasteiger partial charge in [-0.25, -0.2) is 5.43 Å². The summed E-state index contributed by atoms with van der Waals surface area (Å²) in [6.07, 6.45) is 0.968. The molecule has 1 aromatic carbocycles. The number of nitrogens with zero attached hydrogens (tertiary/aromatic N) is 1. The number of thiocarbonyl (C=S) groups is 1. The van der Waals surface area contributed by atoms with E-state index in [2.05, 4.69) is 55.8 Å². The average Bonchev–Trinajstić information content (AvgIpc) is 2.57. The summed E-state index contributed by atoms with van der Waals surface area (Å²) in [5, 5.41) is 5.95. The molecule has 1 atom stereocenters. The van der Waals surface area contributed by atoms with Gasteiger partial charge in [0, 0.05) is 0 Å². The predicted molar refractivity (Wildman–Crippen MR) is 71.2 cm³/mol. The van der Waals surface area contributed by atoms with Gasteiger partial charge in [-0.15, -0.1) is 0 Å². The Balaban J connectivity index is 2.23. The number of rotatable bonds is 2. The van der Waals surface area contributed by atoms with Crippen LogP contribution in [0.15, 0.2) is 24.3 Å². The molecule has 0 aromatic heterocycles. The maximum Gasteiger partial charge on any atom is 0.189 e. The van der Waals surface area contributed by atoms with Crippen molar-refractivity contribution in [3.8, 4) is 0 Å². The second kappa shape index (κ2) is 4.03. The van der Waals surface area contributed by atoms with Gasteiger partial charge in [-0.3, -0.25) is 5.01 Å². The minimum absolute atomic E-state index is 0.137. The van der Waals surface area contributed by atoms with E-state index in [1.54, 1.807) is 0 Å². The van der Waals surface area contributed by atoms with E-state index in [4.69, 9.17) is 12.2 Å². The van der Waals surface area contributed by atoms with Crippen molar-refractivity contribution >= 4 is 23.0 Å². The van der Waals surface area contributed by atoms with Crippen LogP contribution < -0.4 is 15.8 Å². The van der Waals surface area contributed by atoms with Gasteiger partial charge in [0.2, 0.25) is 0 Å². The molecule has 0 bridgehead atoms. The van der Waals surface area contributed by atoms with Crippen molar-refractivity contribution in [1.82, 2.24) is 10.7 Å². The molecule has 0 aliphatic carbocycles. The van der Waals surface area contributed by atoms with E-state index in [1.807, 2.05) is 5.01 Å². The van der Waals surface area contributed by atoms with Gasteiger partial charge in [-0.05, 0) is 44.6 Å². The van der Waals surface area contributed by atoms with E-state index in [1.165, 1.54) is 5.56 Å². The van der Waals surface area contributed by atoms with Crippen molar-refractivity contribution in [3.63, 3.8) is 0 Å². The van der Waals surface area contributed by atoms with Crippen LogP contribution in [0, 0.1) is 6.92 Å². The second-order valence-electron chi connectivity index (χ2n) is 4.40. The highest BCUT2D eigenvalue weighted by atomic mass is 32.1. The second-order valence-corrected chi connectivity index (χ2v) is 4.79. The molecule has 1 saturated heterocycles. The van der Waals surface area contributed by atoms with Gasteiger partial charge < -0.3 is 5.32 Å². The Bertz CT molecular complexity index is 401. The normalized spacial score (nSPS) is 24.7. The highest BCUT2D eigenvalue weighted by molar-refractivity contribution is 7.80. The molecule has 0 spiro atoms. The molecule has 1 heterocycles. The number of aryl methyl sites for hydroxylation is 1. The van der Waals surface area contributed by atoms with E-state index < -0.39 is 0 Å². The number of hydrogen-bond acceptors (Lipinski definition) is 2. The number of benzene rings is 1. The summed E-state index contributed by atoms with van der Waals surface area (Å²) in [6, 6.07) is 8.30. The monoisotopic (exact) mass is 235 g/mol. The molecule has 2 N–H and O–H groups in total. The first-order valence-electron chi connectivity index (χ1n) is 5.51. The summed E-state index contributed by atoms with van der Waals surface area (Å²) >= 11 is 5.32. The van der Waals surface area contributed by atoms with Gasteiger partial charge in [-0.1, -0.05) is 24.6 Å². The minimum Gasteiger partial charge on any atom is -0.342 e. The van der Waals surface area contributed by atoms with Crippen molar-refractivity contribution < 1.29 is 0 Å². The Hall–Kier alpha value is -1.13. The largest absolute Gasteiger partial charge is 0.342 e. The average molecular weight is 235 g/mol. The molecule has 3 nitrogen and oxygen atoms in total. The predicted octanol–water partition coefficient (Wildman–Crippen LogP) is 2.32. The molecule has 0 radical (unpaired) electrons. The fourth-order valence-electron chi connectivity index (χ4n) is 1.66. The van der Waals surface area contributed by atoms with E-state index >= 15 is 0 Å². The standard InChI is InChI=1S/C12H17N3S/c1-4-12(3)13-11(16)15(14-12)10-7-5-9(2)6-8-10/h5-8,14H,4H2,1-3H3,(H,13,16). The van der Waals surface area contributed by atoms with Crippen LogP contribution in [0.3, 0.4) is 0 Å². The summed E-state index contributed by atoms with van der Waals surface area (Å²) in [7, 11) is 0. The maximum atomic E-state index is 5.32. The third-order valence-corrected chi connectivity index (χ3v) is 3.23. The van der Waals surface area contributed by atoms with Crippen molar-refractivity contribution in [1.29, 1.82) is 0 Å². The fourth-order valence-corrected chi connectivity index (χ4v) is 2.04. The SMILES string of the molecule is CCC1(C)NC(=S)N(c2ccc(C)cc2)N1. The Morgan fingerprint density at radius 1 is 1.31 bits per heavy atom. The van der Waals surface area contributed by atoms with Crippen LogP contribution in [0.2, 0.25) is 0 Å². The zero-order valence-corrected chi connectivity index (χ0v) is 10.7. The number of hydrazine groups is 1. The van der Waals surface area contributed by atoms with Crippen LogP contribution in [0.5, 0.6) is 0 Å². The van der Waals surface area contributed by atoms with E-state index in [0.717, 1.165) is 17.2 Å². The van der Waals surface area contributed by atoms with Crippen molar-refractivity contribution in [2.75, 3.05) is 5.01 Å². The quantitative estimate of drug-likeness (QED) is 0.769. The van der Waals surface area contributed by atoms with E-state index in [0.29, 0.717) is 0 Å². The summed E-state index contributed by atoms with van der Waals surface area (Å²) in [4.78, 5) is 0.